The Balaban J connectivity index is 2.10. The van der Waals surface area contributed by atoms with Gasteiger partial charge in [-0.2, -0.15) is 0 Å². The molecule has 1 fully saturated rings. The lowest BCUT2D eigenvalue weighted by molar-refractivity contribution is -0.152. The maximum atomic E-state index is 11.5. The SMILES string of the molecule is CC1=CC=C2C(C)(C)C13C=Cc1ccccc1C23O. The standard InChI is InChI=1S/C18H18O/c1-12-8-9-15-16(2,3)17(12)11-10-13-6-4-5-7-14(13)18(15,17)19/h4-11,19H,1-3H3. The van der Waals surface area contributed by atoms with Crippen molar-refractivity contribution in [3.63, 3.8) is 0 Å². The summed E-state index contributed by atoms with van der Waals surface area (Å²) < 4.78 is 0. The van der Waals surface area contributed by atoms with Gasteiger partial charge in [-0.1, -0.05) is 68.0 Å². The molecule has 0 amide bonds. The van der Waals surface area contributed by atoms with Crippen LogP contribution in [0.3, 0.4) is 0 Å². The summed E-state index contributed by atoms with van der Waals surface area (Å²) in [4.78, 5) is 0. The summed E-state index contributed by atoms with van der Waals surface area (Å²) in [5.74, 6) is 0. The van der Waals surface area contributed by atoms with Gasteiger partial charge in [-0.3, -0.25) is 0 Å². The highest BCUT2D eigenvalue weighted by atomic mass is 16.3. The first-order valence-electron chi connectivity index (χ1n) is 6.87. The number of rotatable bonds is 0. The first-order chi connectivity index (χ1) is 8.96. The zero-order valence-electron chi connectivity index (χ0n) is 11.6. The van der Waals surface area contributed by atoms with E-state index in [1.807, 2.05) is 12.1 Å². The molecule has 1 aromatic rings. The Labute approximate surface area is 114 Å². The topological polar surface area (TPSA) is 20.2 Å². The molecule has 0 aromatic heterocycles. The van der Waals surface area contributed by atoms with Gasteiger partial charge < -0.3 is 5.11 Å². The van der Waals surface area contributed by atoms with Crippen LogP contribution in [-0.2, 0) is 5.60 Å². The molecule has 96 valence electrons. The monoisotopic (exact) mass is 250 g/mol. The van der Waals surface area contributed by atoms with Crippen LogP contribution in [0.5, 0.6) is 0 Å². The van der Waals surface area contributed by atoms with Crippen LogP contribution < -0.4 is 0 Å². The Hall–Kier alpha value is -1.60. The fourth-order valence-corrected chi connectivity index (χ4v) is 4.72. The van der Waals surface area contributed by atoms with Gasteiger partial charge in [0, 0.05) is 5.41 Å². The summed E-state index contributed by atoms with van der Waals surface area (Å²) in [6.07, 6.45) is 8.67. The molecule has 19 heavy (non-hydrogen) atoms. The van der Waals surface area contributed by atoms with E-state index in [0.717, 1.165) is 16.7 Å². The van der Waals surface area contributed by atoms with Gasteiger partial charge in [0.15, 0.2) is 0 Å². The third kappa shape index (κ3) is 0.873. The van der Waals surface area contributed by atoms with E-state index in [1.54, 1.807) is 0 Å². The Morgan fingerprint density at radius 2 is 1.79 bits per heavy atom. The van der Waals surface area contributed by atoms with Gasteiger partial charge in [-0.15, -0.1) is 0 Å². The van der Waals surface area contributed by atoms with Crippen molar-refractivity contribution in [3.8, 4) is 0 Å². The second-order valence-electron chi connectivity index (χ2n) is 6.49. The smallest absolute Gasteiger partial charge is 0.126 e. The highest BCUT2D eigenvalue weighted by Crippen LogP contribution is 2.77. The highest BCUT2D eigenvalue weighted by Gasteiger charge is 2.74. The number of hydrogen-bond donors (Lipinski definition) is 1. The van der Waals surface area contributed by atoms with Crippen LogP contribution in [0.2, 0.25) is 0 Å². The van der Waals surface area contributed by atoms with Crippen LogP contribution in [0.1, 0.15) is 31.9 Å². The minimum Gasteiger partial charge on any atom is -0.379 e. The Kier molecular flexibility index (Phi) is 1.74. The average molecular weight is 250 g/mol. The van der Waals surface area contributed by atoms with E-state index in [0.29, 0.717) is 0 Å². The molecule has 2 bridgehead atoms. The van der Waals surface area contributed by atoms with Crippen LogP contribution >= 0.6 is 0 Å². The lowest BCUT2D eigenvalue weighted by Gasteiger charge is -2.71. The molecule has 4 aliphatic carbocycles. The molecule has 1 N–H and O–H groups in total. The van der Waals surface area contributed by atoms with Crippen molar-refractivity contribution in [1.82, 2.24) is 0 Å². The molecule has 0 heterocycles. The molecule has 0 aliphatic heterocycles. The van der Waals surface area contributed by atoms with Crippen LogP contribution in [-0.4, -0.2) is 5.11 Å². The van der Waals surface area contributed by atoms with Gasteiger partial charge in [0.2, 0.25) is 0 Å². The number of fused-ring (bicyclic) bond motifs is 2. The average Bonchev–Trinajstić information content (AvgIpc) is 2.38. The molecular weight excluding hydrogens is 232 g/mol. The third-order valence-electron chi connectivity index (χ3n) is 5.61. The van der Waals surface area contributed by atoms with E-state index in [4.69, 9.17) is 0 Å². The van der Waals surface area contributed by atoms with Crippen molar-refractivity contribution >= 4 is 6.08 Å². The van der Waals surface area contributed by atoms with Gasteiger partial charge in [0.05, 0.1) is 5.41 Å². The number of aliphatic hydroxyl groups is 1. The van der Waals surface area contributed by atoms with Crippen LogP contribution in [0.15, 0.2) is 53.6 Å². The molecule has 1 saturated carbocycles. The minimum atomic E-state index is -0.847. The maximum absolute atomic E-state index is 11.5. The molecule has 1 aromatic carbocycles. The lowest BCUT2D eigenvalue weighted by atomic mass is 9.33. The van der Waals surface area contributed by atoms with E-state index in [2.05, 4.69) is 57.2 Å². The molecule has 1 heteroatoms. The van der Waals surface area contributed by atoms with Gasteiger partial charge in [-0.25, -0.2) is 0 Å². The molecule has 5 rings (SSSR count). The minimum absolute atomic E-state index is 0.00931. The summed E-state index contributed by atoms with van der Waals surface area (Å²) in [7, 11) is 0. The normalized spacial score (nSPS) is 36.6. The molecule has 4 aliphatic rings. The van der Waals surface area contributed by atoms with E-state index < -0.39 is 5.60 Å². The van der Waals surface area contributed by atoms with E-state index in [1.165, 1.54) is 5.57 Å². The Morgan fingerprint density at radius 1 is 1.05 bits per heavy atom. The molecule has 1 nitrogen and oxygen atoms in total. The molecular formula is C18H18O. The number of allylic oxidation sites excluding steroid dienone is 2. The van der Waals surface area contributed by atoms with Crippen molar-refractivity contribution in [2.24, 2.45) is 10.8 Å². The Morgan fingerprint density at radius 3 is 2.53 bits per heavy atom. The van der Waals surface area contributed by atoms with Crippen LogP contribution in [0.4, 0.5) is 0 Å². The summed E-state index contributed by atoms with van der Waals surface area (Å²) in [6.45, 7) is 6.61. The predicted molar refractivity (Wildman–Crippen MR) is 77.4 cm³/mol. The first kappa shape index (κ1) is 11.2. The number of benzene rings is 1. The van der Waals surface area contributed by atoms with Gasteiger partial charge in [-0.05, 0) is 23.6 Å². The molecule has 2 atom stereocenters. The highest BCUT2D eigenvalue weighted by molar-refractivity contribution is 5.73. The largest absolute Gasteiger partial charge is 0.379 e. The van der Waals surface area contributed by atoms with Gasteiger partial charge in [0.1, 0.15) is 5.60 Å². The zero-order valence-corrected chi connectivity index (χ0v) is 11.6. The van der Waals surface area contributed by atoms with Crippen molar-refractivity contribution in [2.75, 3.05) is 0 Å². The maximum Gasteiger partial charge on any atom is 0.126 e. The molecule has 2 unspecified atom stereocenters. The fourth-order valence-electron chi connectivity index (χ4n) is 4.72. The molecule has 1 spiro atoms. The third-order valence-corrected chi connectivity index (χ3v) is 5.61. The van der Waals surface area contributed by atoms with E-state index in [-0.39, 0.29) is 10.8 Å². The lowest BCUT2D eigenvalue weighted by Crippen LogP contribution is -2.69. The quantitative estimate of drug-likeness (QED) is 0.742. The van der Waals surface area contributed by atoms with Crippen molar-refractivity contribution < 1.29 is 5.11 Å². The van der Waals surface area contributed by atoms with Crippen LogP contribution in [0.25, 0.3) is 6.08 Å². The second-order valence-corrected chi connectivity index (χ2v) is 6.49. The van der Waals surface area contributed by atoms with Crippen LogP contribution in [0, 0.1) is 10.8 Å². The fraction of sp³-hybridized carbons (Fsp3) is 0.333. The summed E-state index contributed by atoms with van der Waals surface area (Å²) in [5, 5.41) is 11.5. The van der Waals surface area contributed by atoms with Crippen molar-refractivity contribution in [3.05, 3.63) is 64.8 Å². The number of hydrogen-bond acceptors (Lipinski definition) is 1. The van der Waals surface area contributed by atoms with E-state index >= 15 is 0 Å². The first-order valence-corrected chi connectivity index (χ1v) is 6.87. The van der Waals surface area contributed by atoms with Crippen molar-refractivity contribution in [1.29, 1.82) is 0 Å². The zero-order chi connectivity index (χ0) is 13.5. The second kappa shape index (κ2) is 2.94. The summed E-state index contributed by atoms with van der Waals surface area (Å²) >= 11 is 0. The summed E-state index contributed by atoms with van der Waals surface area (Å²) in [5.41, 5.74) is 3.44. The predicted octanol–water partition coefficient (Wildman–Crippen LogP) is 3.81. The summed E-state index contributed by atoms with van der Waals surface area (Å²) in [6, 6.07) is 8.19. The molecule has 0 radical (unpaired) electrons. The molecule has 0 saturated heterocycles. The van der Waals surface area contributed by atoms with Gasteiger partial charge in [0.25, 0.3) is 0 Å². The van der Waals surface area contributed by atoms with Crippen molar-refractivity contribution in [2.45, 2.75) is 26.4 Å². The Bertz CT molecular complexity index is 689. The van der Waals surface area contributed by atoms with E-state index in [9.17, 15) is 5.11 Å². The van der Waals surface area contributed by atoms with Gasteiger partial charge >= 0.3 is 0 Å².